The summed E-state index contributed by atoms with van der Waals surface area (Å²) in [6.45, 7) is 5.56. The maximum Gasteiger partial charge on any atom is 0.307 e. The fourth-order valence-corrected chi connectivity index (χ4v) is 1.67. The molecule has 1 aromatic carbocycles. The molecule has 0 bridgehead atoms. The molecule has 1 rings (SSSR count). The van der Waals surface area contributed by atoms with Gasteiger partial charge in [-0.05, 0) is 17.7 Å². The Labute approximate surface area is 107 Å². The number of rotatable bonds is 3. The third kappa shape index (κ3) is 3.58. The van der Waals surface area contributed by atoms with Gasteiger partial charge < -0.3 is 10.0 Å². The second-order valence-electron chi connectivity index (χ2n) is 5.35. The molecule has 98 valence electrons. The third-order valence-corrected chi connectivity index (χ3v) is 2.60. The quantitative estimate of drug-likeness (QED) is 0.894. The Morgan fingerprint density at radius 2 is 1.89 bits per heavy atom. The van der Waals surface area contributed by atoms with Crippen LogP contribution in [0.3, 0.4) is 0 Å². The number of carboxylic acids is 1. The van der Waals surface area contributed by atoms with E-state index in [1.165, 1.54) is 0 Å². The van der Waals surface area contributed by atoms with Crippen LogP contribution >= 0.6 is 0 Å². The zero-order chi connectivity index (χ0) is 13.9. The van der Waals surface area contributed by atoms with E-state index in [-0.39, 0.29) is 12.3 Å². The maximum atomic E-state index is 12.1. The number of amides is 1. The van der Waals surface area contributed by atoms with E-state index in [9.17, 15) is 9.59 Å². The molecule has 4 heteroatoms. The smallest absolute Gasteiger partial charge is 0.307 e. The minimum absolute atomic E-state index is 0.00465. The summed E-state index contributed by atoms with van der Waals surface area (Å²) in [6, 6.07) is 7.04. The summed E-state index contributed by atoms with van der Waals surface area (Å²) in [4.78, 5) is 24.3. The van der Waals surface area contributed by atoms with Crippen LogP contribution in [0.25, 0.3) is 0 Å². The molecule has 4 nitrogen and oxygen atoms in total. The standard InChI is InChI=1S/C14H19NO3/c1-14(2,3)13(18)15(4)11-7-5-6-10(8-11)9-12(16)17/h5-8H,9H2,1-4H3,(H,16,17). The molecule has 0 heterocycles. The van der Waals surface area contributed by atoms with Crippen LogP contribution < -0.4 is 4.90 Å². The number of carbonyl (C=O) groups is 2. The van der Waals surface area contributed by atoms with Crippen LogP contribution in [0.1, 0.15) is 26.3 Å². The van der Waals surface area contributed by atoms with Crippen LogP contribution in [0.15, 0.2) is 24.3 Å². The predicted molar refractivity (Wildman–Crippen MR) is 70.6 cm³/mol. The second kappa shape index (κ2) is 5.21. The van der Waals surface area contributed by atoms with Crippen LogP contribution in [0.2, 0.25) is 0 Å². The maximum absolute atomic E-state index is 12.1. The Kier molecular flexibility index (Phi) is 4.11. The first-order chi connectivity index (χ1) is 8.21. The van der Waals surface area contributed by atoms with E-state index in [1.54, 1.807) is 36.2 Å². The molecule has 0 radical (unpaired) electrons. The average molecular weight is 249 g/mol. The summed E-state index contributed by atoms with van der Waals surface area (Å²) in [6.07, 6.45) is -0.0363. The van der Waals surface area contributed by atoms with Gasteiger partial charge in [-0.15, -0.1) is 0 Å². The molecule has 0 aromatic heterocycles. The SMILES string of the molecule is CN(C(=O)C(C)(C)C)c1cccc(CC(=O)O)c1. The van der Waals surface area contributed by atoms with Crippen molar-refractivity contribution >= 4 is 17.6 Å². The van der Waals surface area contributed by atoms with Crippen molar-refractivity contribution in [3.8, 4) is 0 Å². The molecule has 18 heavy (non-hydrogen) atoms. The van der Waals surface area contributed by atoms with Crippen molar-refractivity contribution in [3.05, 3.63) is 29.8 Å². The van der Waals surface area contributed by atoms with E-state index in [1.807, 2.05) is 20.8 Å². The second-order valence-corrected chi connectivity index (χ2v) is 5.35. The first kappa shape index (κ1) is 14.2. The number of anilines is 1. The van der Waals surface area contributed by atoms with Crippen molar-refractivity contribution in [1.29, 1.82) is 0 Å². The number of nitrogens with zero attached hydrogens (tertiary/aromatic N) is 1. The highest BCUT2D eigenvalue weighted by Crippen LogP contribution is 2.22. The lowest BCUT2D eigenvalue weighted by atomic mass is 9.94. The molecule has 0 fully saturated rings. The van der Waals surface area contributed by atoms with Crippen molar-refractivity contribution in [3.63, 3.8) is 0 Å². The Bertz CT molecular complexity index is 460. The highest BCUT2D eigenvalue weighted by molar-refractivity contribution is 5.96. The van der Waals surface area contributed by atoms with Crippen molar-refractivity contribution in [2.45, 2.75) is 27.2 Å². The minimum Gasteiger partial charge on any atom is -0.481 e. The van der Waals surface area contributed by atoms with Gasteiger partial charge in [-0.2, -0.15) is 0 Å². The molecule has 0 aliphatic rings. The van der Waals surface area contributed by atoms with Crippen molar-refractivity contribution in [2.75, 3.05) is 11.9 Å². The van der Waals surface area contributed by atoms with E-state index >= 15 is 0 Å². The van der Waals surface area contributed by atoms with Crippen LogP contribution in [0.4, 0.5) is 5.69 Å². The lowest BCUT2D eigenvalue weighted by Crippen LogP contribution is -2.36. The van der Waals surface area contributed by atoms with Gasteiger partial charge in [0.05, 0.1) is 6.42 Å². The summed E-state index contributed by atoms with van der Waals surface area (Å²) < 4.78 is 0. The van der Waals surface area contributed by atoms with Crippen LogP contribution in [-0.2, 0) is 16.0 Å². The Balaban J connectivity index is 2.96. The lowest BCUT2D eigenvalue weighted by Gasteiger charge is -2.26. The normalized spacial score (nSPS) is 11.1. The molecule has 0 saturated carbocycles. The van der Waals surface area contributed by atoms with Gasteiger partial charge in [0.15, 0.2) is 0 Å². The number of hydrogen-bond donors (Lipinski definition) is 1. The van der Waals surface area contributed by atoms with E-state index in [2.05, 4.69) is 0 Å². The molecule has 1 N–H and O–H groups in total. The van der Waals surface area contributed by atoms with Gasteiger partial charge in [0.2, 0.25) is 5.91 Å². The van der Waals surface area contributed by atoms with E-state index in [4.69, 9.17) is 5.11 Å². The number of aliphatic carboxylic acids is 1. The Hall–Kier alpha value is -1.84. The number of carbonyl (C=O) groups excluding carboxylic acids is 1. The van der Waals surface area contributed by atoms with Gasteiger partial charge >= 0.3 is 5.97 Å². The zero-order valence-electron chi connectivity index (χ0n) is 11.2. The molecular weight excluding hydrogens is 230 g/mol. The van der Waals surface area contributed by atoms with E-state index in [0.717, 1.165) is 0 Å². The van der Waals surface area contributed by atoms with Crippen LogP contribution in [0, 0.1) is 5.41 Å². The highest BCUT2D eigenvalue weighted by Gasteiger charge is 2.25. The summed E-state index contributed by atoms with van der Waals surface area (Å²) in [5, 5.41) is 8.75. The monoisotopic (exact) mass is 249 g/mol. The van der Waals surface area contributed by atoms with Crippen molar-refractivity contribution < 1.29 is 14.7 Å². The summed E-state index contributed by atoms with van der Waals surface area (Å²) >= 11 is 0. The van der Waals surface area contributed by atoms with Crippen LogP contribution in [-0.4, -0.2) is 24.0 Å². The summed E-state index contributed by atoms with van der Waals surface area (Å²) in [7, 11) is 1.70. The first-order valence-electron chi connectivity index (χ1n) is 5.80. The molecule has 0 spiro atoms. The van der Waals surface area contributed by atoms with Crippen molar-refractivity contribution in [1.82, 2.24) is 0 Å². The van der Waals surface area contributed by atoms with E-state index in [0.29, 0.717) is 11.3 Å². The van der Waals surface area contributed by atoms with Gasteiger partial charge in [-0.25, -0.2) is 0 Å². The van der Waals surface area contributed by atoms with E-state index < -0.39 is 11.4 Å². The third-order valence-electron chi connectivity index (χ3n) is 2.60. The van der Waals surface area contributed by atoms with Gasteiger partial charge in [0.25, 0.3) is 0 Å². The number of carboxylic acid groups (broad SMARTS) is 1. The van der Waals surface area contributed by atoms with Gasteiger partial charge in [-0.3, -0.25) is 9.59 Å². The first-order valence-corrected chi connectivity index (χ1v) is 5.80. The van der Waals surface area contributed by atoms with Gasteiger partial charge in [0.1, 0.15) is 0 Å². The number of hydrogen-bond acceptors (Lipinski definition) is 2. The number of benzene rings is 1. The highest BCUT2D eigenvalue weighted by atomic mass is 16.4. The fourth-order valence-electron chi connectivity index (χ4n) is 1.67. The molecule has 0 atom stereocenters. The largest absolute Gasteiger partial charge is 0.481 e. The van der Waals surface area contributed by atoms with Gasteiger partial charge in [-0.1, -0.05) is 32.9 Å². The molecular formula is C14H19NO3. The topological polar surface area (TPSA) is 57.6 Å². The molecule has 0 aliphatic carbocycles. The molecule has 1 aromatic rings. The molecule has 0 saturated heterocycles. The Morgan fingerprint density at radius 1 is 1.28 bits per heavy atom. The van der Waals surface area contributed by atoms with Crippen LogP contribution in [0.5, 0.6) is 0 Å². The van der Waals surface area contributed by atoms with Crippen molar-refractivity contribution in [2.24, 2.45) is 5.41 Å². The predicted octanol–water partition coefficient (Wildman–Crippen LogP) is 2.32. The van der Waals surface area contributed by atoms with Gasteiger partial charge in [0, 0.05) is 18.2 Å². The molecule has 0 aliphatic heterocycles. The fraction of sp³-hybridized carbons (Fsp3) is 0.429. The molecule has 0 unspecified atom stereocenters. The lowest BCUT2D eigenvalue weighted by molar-refractivity contribution is -0.136. The minimum atomic E-state index is -0.878. The molecule has 1 amide bonds. The average Bonchev–Trinajstić information content (AvgIpc) is 2.25. The summed E-state index contributed by atoms with van der Waals surface area (Å²) in [5.74, 6) is -0.882. The summed E-state index contributed by atoms with van der Waals surface area (Å²) in [5.41, 5.74) is 0.944. The Morgan fingerprint density at radius 3 is 2.39 bits per heavy atom. The zero-order valence-corrected chi connectivity index (χ0v) is 11.2.